The first kappa shape index (κ1) is 14.4. The summed E-state index contributed by atoms with van der Waals surface area (Å²) >= 11 is 6.15. The van der Waals surface area contributed by atoms with E-state index in [9.17, 15) is 4.79 Å². The Hall–Kier alpha value is -2.00. The average Bonchev–Trinajstić information content (AvgIpc) is 2.42. The summed E-state index contributed by atoms with van der Waals surface area (Å²) in [6.07, 6.45) is 0. The van der Waals surface area contributed by atoms with Crippen LogP contribution in [0.4, 0.5) is 11.4 Å². The number of halogens is 1. The minimum Gasteiger partial charge on any atom is -0.378 e. The number of carbonyl (C=O) groups is 1. The SMILES string of the molecule is CC(=O)Nc1ccc(NC(C)c2ccccc2)cc1Cl. The summed E-state index contributed by atoms with van der Waals surface area (Å²) in [7, 11) is 0. The quantitative estimate of drug-likeness (QED) is 0.871. The van der Waals surface area contributed by atoms with Gasteiger partial charge in [-0.05, 0) is 30.7 Å². The Morgan fingerprint density at radius 3 is 2.45 bits per heavy atom. The standard InChI is InChI=1S/C16H17ClN2O/c1-11(13-6-4-3-5-7-13)18-14-8-9-16(15(17)10-14)19-12(2)20/h3-11,18H,1-2H3,(H,19,20). The zero-order valence-corrected chi connectivity index (χ0v) is 12.2. The summed E-state index contributed by atoms with van der Waals surface area (Å²) in [5.74, 6) is -0.134. The molecule has 20 heavy (non-hydrogen) atoms. The molecule has 0 fully saturated rings. The molecule has 0 aromatic heterocycles. The van der Waals surface area contributed by atoms with E-state index in [1.807, 2.05) is 30.3 Å². The number of anilines is 2. The van der Waals surface area contributed by atoms with Crippen LogP contribution in [0.3, 0.4) is 0 Å². The van der Waals surface area contributed by atoms with Gasteiger partial charge in [0.25, 0.3) is 0 Å². The van der Waals surface area contributed by atoms with Crippen molar-refractivity contribution in [3.8, 4) is 0 Å². The number of hydrogen-bond acceptors (Lipinski definition) is 2. The van der Waals surface area contributed by atoms with Gasteiger partial charge in [0.15, 0.2) is 0 Å². The molecule has 4 heteroatoms. The van der Waals surface area contributed by atoms with Crippen molar-refractivity contribution < 1.29 is 4.79 Å². The van der Waals surface area contributed by atoms with Crippen molar-refractivity contribution in [3.05, 3.63) is 59.1 Å². The number of carbonyl (C=O) groups excluding carboxylic acids is 1. The van der Waals surface area contributed by atoms with Crippen molar-refractivity contribution >= 4 is 28.9 Å². The Balaban J connectivity index is 2.10. The van der Waals surface area contributed by atoms with Gasteiger partial charge < -0.3 is 10.6 Å². The molecule has 2 rings (SSSR count). The van der Waals surface area contributed by atoms with Crippen molar-refractivity contribution in [2.45, 2.75) is 19.9 Å². The lowest BCUT2D eigenvalue weighted by atomic mass is 10.1. The molecule has 0 bridgehead atoms. The van der Waals surface area contributed by atoms with Gasteiger partial charge in [0.2, 0.25) is 5.91 Å². The summed E-state index contributed by atoms with van der Waals surface area (Å²) in [5, 5.41) is 6.59. The second kappa shape index (κ2) is 6.44. The summed E-state index contributed by atoms with van der Waals surface area (Å²) in [5.41, 5.74) is 2.74. The number of rotatable bonds is 4. The molecular formula is C16H17ClN2O. The maximum Gasteiger partial charge on any atom is 0.221 e. The first-order valence-corrected chi connectivity index (χ1v) is 6.82. The molecule has 104 valence electrons. The van der Waals surface area contributed by atoms with E-state index < -0.39 is 0 Å². The molecule has 1 atom stereocenters. The fraction of sp³-hybridized carbons (Fsp3) is 0.188. The zero-order valence-electron chi connectivity index (χ0n) is 11.5. The summed E-state index contributed by atoms with van der Waals surface area (Å²) in [4.78, 5) is 11.0. The normalized spacial score (nSPS) is 11.8. The van der Waals surface area contributed by atoms with Crippen molar-refractivity contribution in [1.29, 1.82) is 0 Å². The predicted octanol–water partition coefficient (Wildman–Crippen LogP) is 4.47. The topological polar surface area (TPSA) is 41.1 Å². The van der Waals surface area contributed by atoms with Crippen LogP contribution in [-0.4, -0.2) is 5.91 Å². The van der Waals surface area contributed by atoms with E-state index in [0.29, 0.717) is 10.7 Å². The van der Waals surface area contributed by atoms with Gasteiger partial charge in [-0.2, -0.15) is 0 Å². The first-order valence-electron chi connectivity index (χ1n) is 6.45. The number of nitrogens with one attached hydrogen (secondary N) is 2. The van der Waals surface area contributed by atoms with Gasteiger partial charge in [0.1, 0.15) is 0 Å². The Kier molecular flexibility index (Phi) is 4.64. The molecule has 0 saturated heterocycles. The Labute approximate surface area is 124 Å². The van der Waals surface area contributed by atoms with Crippen molar-refractivity contribution in [2.24, 2.45) is 0 Å². The second-order valence-electron chi connectivity index (χ2n) is 4.65. The van der Waals surface area contributed by atoms with Crippen molar-refractivity contribution in [2.75, 3.05) is 10.6 Å². The molecule has 2 aromatic carbocycles. The van der Waals surface area contributed by atoms with Gasteiger partial charge in [0.05, 0.1) is 10.7 Å². The molecular weight excluding hydrogens is 272 g/mol. The van der Waals surface area contributed by atoms with E-state index in [4.69, 9.17) is 11.6 Å². The van der Waals surface area contributed by atoms with Crippen LogP contribution in [0.2, 0.25) is 5.02 Å². The van der Waals surface area contributed by atoms with Gasteiger partial charge in [-0.15, -0.1) is 0 Å². The van der Waals surface area contributed by atoms with E-state index in [1.165, 1.54) is 12.5 Å². The molecule has 0 radical (unpaired) electrons. The monoisotopic (exact) mass is 288 g/mol. The molecule has 0 heterocycles. The van der Waals surface area contributed by atoms with E-state index >= 15 is 0 Å². The van der Waals surface area contributed by atoms with E-state index in [2.05, 4.69) is 29.7 Å². The third kappa shape index (κ3) is 3.75. The average molecular weight is 289 g/mol. The van der Waals surface area contributed by atoms with E-state index in [0.717, 1.165) is 5.69 Å². The maximum absolute atomic E-state index is 11.0. The maximum atomic E-state index is 11.0. The van der Waals surface area contributed by atoms with Gasteiger partial charge in [-0.25, -0.2) is 0 Å². The minimum atomic E-state index is -0.134. The Morgan fingerprint density at radius 2 is 1.85 bits per heavy atom. The number of hydrogen-bond donors (Lipinski definition) is 2. The molecule has 2 N–H and O–H groups in total. The molecule has 0 aliphatic heterocycles. The molecule has 1 unspecified atom stereocenters. The van der Waals surface area contributed by atoms with Crippen molar-refractivity contribution in [3.63, 3.8) is 0 Å². The second-order valence-corrected chi connectivity index (χ2v) is 5.06. The van der Waals surface area contributed by atoms with Crippen LogP contribution in [0.5, 0.6) is 0 Å². The number of benzene rings is 2. The summed E-state index contributed by atoms with van der Waals surface area (Å²) < 4.78 is 0. The summed E-state index contributed by atoms with van der Waals surface area (Å²) in [6.45, 7) is 3.55. The van der Waals surface area contributed by atoms with Crippen LogP contribution in [0.1, 0.15) is 25.5 Å². The molecule has 0 saturated carbocycles. The van der Waals surface area contributed by atoms with Crippen LogP contribution in [-0.2, 0) is 4.79 Å². The Bertz CT molecular complexity index is 599. The lowest BCUT2D eigenvalue weighted by Gasteiger charge is -2.16. The third-order valence-electron chi connectivity index (χ3n) is 2.96. The van der Waals surface area contributed by atoms with E-state index in [-0.39, 0.29) is 11.9 Å². The van der Waals surface area contributed by atoms with Gasteiger partial charge >= 0.3 is 0 Å². The Morgan fingerprint density at radius 1 is 1.15 bits per heavy atom. The minimum absolute atomic E-state index is 0.134. The highest BCUT2D eigenvalue weighted by Gasteiger charge is 2.07. The third-order valence-corrected chi connectivity index (χ3v) is 3.28. The smallest absolute Gasteiger partial charge is 0.221 e. The fourth-order valence-electron chi connectivity index (χ4n) is 1.97. The summed E-state index contributed by atoms with van der Waals surface area (Å²) in [6, 6.07) is 15.9. The first-order chi connectivity index (χ1) is 9.56. The molecule has 0 aliphatic rings. The highest BCUT2D eigenvalue weighted by atomic mass is 35.5. The zero-order chi connectivity index (χ0) is 14.5. The van der Waals surface area contributed by atoms with Crippen molar-refractivity contribution in [1.82, 2.24) is 0 Å². The molecule has 0 aliphatic carbocycles. The van der Waals surface area contributed by atoms with Gasteiger partial charge in [-0.3, -0.25) is 4.79 Å². The predicted molar refractivity (Wildman–Crippen MR) is 84.2 cm³/mol. The van der Waals surface area contributed by atoms with Gasteiger partial charge in [-0.1, -0.05) is 41.9 Å². The van der Waals surface area contributed by atoms with Crippen LogP contribution in [0.25, 0.3) is 0 Å². The largest absolute Gasteiger partial charge is 0.378 e. The molecule has 3 nitrogen and oxygen atoms in total. The number of amides is 1. The van der Waals surface area contributed by atoms with Crippen LogP contribution in [0, 0.1) is 0 Å². The van der Waals surface area contributed by atoms with Crippen LogP contribution in [0.15, 0.2) is 48.5 Å². The lowest BCUT2D eigenvalue weighted by molar-refractivity contribution is -0.114. The molecule has 0 spiro atoms. The fourth-order valence-corrected chi connectivity index (χ4v) is 2.20. The highest BCUT2D eigenvalue weighted by molar-refractivity contribution is 6.34. The molecule has 1 amide bonds. The highest BCUT2D eigenvalue weighted by Crippen LogP contribution is 2.27. The van der Waals surface area contributed by atoms with Crippen LogP contribution >= 0.6 is 11.6 Å². The molecule has 2 aromatic rings. The lowest BCUT2D eigenvalue weighted by Crippen LogP contribution is -2.08. The van der Waals surface area contributed by atoms with E-state index in [1.54, 1.807) is 6.07 Å². The van der Waals surface area contributed by atoms with Gasteiger partial charge in [0, 0.05) is 18.7 Å². The van der Waals surface area contributed by atoms with Crippen LogP contribution < -0.4 is 10.6 Å².